The van der Waals surface area contributed by atoms with Gasteiger partial charge in [0.2, 0.25) is 5.91 Å². The van der Waals surface area contributed by atoms with Crippen molar-refractivity contribution in [1.82, 2.24) is 5.32 Å². The van der Waals surface area contributed by atoms with E-state index >= 15 is 0 Å². The van der Waals surface area contributed by atoms with Gasteiger partial charge in [-0.15, -0.1) is 0 Å². The highest BCUT2D eigenvalue weighted by Gasteiger charge is 2.11. The second kappa shape index (κ2) is 8.78. The summed E-state index contributed by atoms with van der Waals surface area (Å²) in [5.41, 5.74) is 3.74. The molecule has 2 amide bonds. The van der Waals surface area contributed by atoms with E-state index in [0.717, 1.165) is 11.1 Å². The molecule has 136 valence electrons. The van der Waals surface area contributed by atoms with Gasteiger partial charge < -0.3 is 10.6 Å². The van der Waals surface area contributed by atoms with Gasteiger partial charge in [0.25, 0.3) is 5.91 Å². The first-order valence-corrected chi connectivity index (χ1v) is 8.87. The zero-order chi connectivity index (χ0) is 19.3. The fourth-order valence-electron chi connectivity index (χ4n) is 2.16. The first-order valence-electron chi connectivity index (χ1n) is 8.09. The molecule has 0 spiro atoms. The highest BCUT2D eigenvalue weighted by Crippen LogP contribution is 2.25. The summed E-state index contributed by atoms with van der Waals surface area (Å²) in [6, 6.07) is 10.4. The Hall–Kier alpha value is -2.44. The molecule has 2 aromatic carbocycles. The summed E-state index contributed by atoms with van der Waals surface area (Å²) in [4.78, 5) is 23.8. The molecule has 0 heterocycles. The van der Waals surface area contributed by atoms with Crippen LogP contribution >= 0.6 is 23.8 Å². The van der Waals surface area contributed by atoms with Crippen molar-refractivity contribution < 1.29 is 9.59 Å². The van der Waals surface area contributed by atoms with Crippen LogP contribution in [-0.4, -0.2) is 16.9 Å². The Morgan fingerprint density at radius 3 is 2.42 bits per heavy atom. The topological polar surface area (TPSA) is 70.2 Å². The lowest BCUT2D eigenvalue weighted by molar-refractivity contribution is -0.115. The van der Waals surface area contributed by atoms with Crippen LogP contribution in [0, 0.1) is 13.8 Å². The number of hydrogen-bond donors (Lipinski definition) is 3. The number of carbonyl (C=O) groups excluding carboxylic acids is 2. The average molecular weight is 390 g/mol. The minimum absolute atomic E-state index is 0.108. The van der Waals surface area contributed by atoms with Gasteiger partial charge in [-0.2, -0.15) is 0 Å². The number of halogens is 1. The van der Waals surface area contributed by atoms with Crippen molar-refractivity contribution in [2.75, 3.05) is 10.6 Å². The van der Waals surface area contributed by atoms with E-state index in [4.69, 9.17) is 23.8 Å². The predicted octanol–water partition coefficient (Wildman–Crippen LogP) is 4.43. The van der Waals surface area contributed by atoms with Crippen molar-refractivity contribution in [2.45, 2.75) is 27.2 Å². The Morgan fingerprint density at radius 2 is 1.77 bits per heavy atom. The summed E-state index contributed by atoms with van der Waals surface area (Å²) >= 11 is 11.4. The van der Waals surface area contributed by atoms with Gasteiger partial charge in [-0.05, 0) is 67.5 Å². The third-order valence-corrected chi connectivity index (χ3v) is 4.35. The lowest BCUT2D eigenvalue weighted by Crippen LogP contribution is -2.34. The van der Waals surface area contributed by atoms with Gasteiger partial charge in [0.05, 0.1) is 10.7 Å². The third-order valence-electron chi connectivity index (χ3n) is 3.82. The first-order chi connectivity index (χ1) is 12.3. The van der Waals surface area contributed by atoms with Crippen molar-refractivity contribution in [3.8, 4) is 0 Å². The Morgan fingerprint density at radius 1 is 1.04 bits per heavy atom. The zero-order valence-corrected chi connectivity index (χ0v) is 16.3. The van der Waals surface area contributed by atoms with Crippen molar-refractivity contribution in [2.24, 2.45) is 0 Å². The molecule has 0 fully saturated rings. The summed E-state index contributed by atoms with van der Waals surface area (Å²) in [6.45, 7) is 5.69. The molecule has 5 nitrogen and oxygen atoms in total. The molecule has 0 bridgehead atoms. The van der Waals surface area contributed by atoms with Crippen molar-refractivity contribution in [1.29, 1.82) is 0 Å². The number of nitrogens with one attached hydrogen (secondary N) is 3. The van der Waals surface area contributed by atoms with Gasteiger partial charge in [-0.1, -0.05) is 24.6 Å². The van der Waals surface area contributed by atoms with E-state index in [9.17, 15) is 9.59 Å². The molecule has 0 aromatic heterocycles. The maximum absolute atomic E-state index is 12.3. The monoisotopic (exact) mass is 389 g/mol. The van der Waals surface area contributed by atoms with Gasteiger partial charge in [-0.25, -0.2) is 0 Å². The smallest absolute Gasteiger partial charge is 0.257 e. The maximum atomic E-state index is 12.3. The van der Waals surface area contributed by atoms with Gasteiger partial charge in [0, 0.05) is 17.7 Å². The molecule has 2 aromatic rings. The molecule has 2 rings (SSSR count). The summed E-state index contributed by atoms with van der Waals surface area (Å²) in [6.07, 6.45) is 0.371. The van der Waals surface area contributed by atoms with E-state index in [1.165, 1.54) is 0 Å². The molecule has 0 unspecified atom stereocenters. The predicted molar refractivity (Wildman–Crippen MR) is 110 cm³/mol. The minimum Gasteiger partial charge on any atom is -0.331 e. The molecule has 0 radical (unpaired) electrons. The van der Waals surface area contributed by atoms with Crippen LogP contribution in [0.2, 0.25) is 5.02 Å². The summed E-state index contributed by atoms with van der Waals surface area (Å²) in [7, 11) is 0. The number of rotatable bonds is 4. The van der Waals surface area contributed by atoms with Crippen LogP contribution in [0.3, 0.4) is 0 Å². The number of anilines is 2. The molecule has 0 aliphatic rings. The molecule has 0 aliphatic carbocycles. The lowest BCUT2D eigenvalue weighted by Gasteiger charge is -2.13. The maximum Gasteiger partial charge on any atom is 0.257 e. The van der Waals surface area contributed by atoms with E-state index in [-0.39, 0.29) is 16.9 Å². The molecule has 0 atom stereocenters. The van der Waals surface area contributed by atoms with Crippen molar-refractivity contribution >= 4 is 52.1 Å². The SMILES string of the molecule is CCC(=O)Nc1ccc(Cl)c(NC(=S)NC(=O)c2ccc(C)c(C)c2)c1. The van der Waals surface area contributed by atoms with E-state index in [2.05, 4.69) is 16.0 Å². The van der Waals surface area contributed by atoms with Gasteiger partial charge >= 0.3 is 0 Å². The number of amides is 2. The number of carbonyl (C=O) groups is 2. The third kappa shape index (κ3) is 5.28. The largest absolute Gasteiger partial charge is 0.331 e. The number of thiocarbonyl (C=S) groups is 1. The zero-order valence-electron chi connectivity index (χ0n) is 14.8. The van der Waals surface area contributed by atoms with Crippen LogP contribution in [0.4, 0.5) is 11.4 Å². The average Bonchev–Trinajstić information content (AvgIpc) is 2.59. The molecule has 26 heavy (non-hydrogen) atoms. The van der Waals surface area contributed by atoms with Gasteiger partial charge in [0.15, 0.2) is 5.11 Å². The highest BCUT2D eigenvalue weighted by molar-refractivity contribution is 7.80. The first kappa shape index (κ1) is 19.9. The van der Waals surface area contributed by atoms with Gasteiger partial charge in [0.1, 0.15) is 0 Å². The highest BCUT2D eigenvalue weighted by atomic mass is 35.5. The van der Waals surface area contributed by atoms with E-state index < -0.39 is 0 Å². The van der Waals surface area contributed by atoms with Crippen LogP contribution in [0.15, 0.2) is 36.4 Å². The standard InChI is InChI=1S/C19H20ClN3O2S/c1-4-17(24)21-14-7-8-15(20)16(10-14)22-19(26)23-18(25)13-6-5-11(2)12(3)9-13/h5-10H,4H2,1-3H3,(H,21,24)(H2,22,23,25,26). The summed E-state index contributed by atoms with van der Waals surface area (Å²) in [5, 5.41) is 8.79. The number of hydrogen-bond acceptors (Lipinski definition) is 3. The van der Waals surface area contributed by atoms with Gasteiger partial charge in [-0.3, -0.25) is 14.9 Å². The Labute approximate surface area is 163 Å². The fraction of sp³-hybridized carbons (Fsp3) is 0.211. The van der Waals surface area contributed by atoms with Crippen LogP contribution in [0.1, 0.15) is 34.8 Å². The normalized spacial score (nSPS) is 10.2. The van der Waals surface area contributed by atoms with Crippen molar-refractivity contribution in [3.63, 3.8) is 0 Å². The van der Waals surface area contributed by atoms with Crippen LogP contribution in [-0.2, 0) is 4.79 Å². The van der Waals surface area contributed by atoms with Crippen LogP contribution < -0.4 is 16.0 Å². The second-order valence-electron chi connectivity index (χ2n) is 5.80. The molecular weight excluding hydrogens is 370 g/mol. The molecule has 0 aliphatic heterocycles. The summed E-state index contributed by atoms with van der Waals surface area (Å²) in [5.74, 6) is -0.416. The van der Waals surface area contributed by atoms with E-state index in [1.807, 2.05) is 19.9 Å². The van der Waals surface area contributed by atoms with Crippen molar-refractivity contribution in [3.05, 3.63) is 58.1 Å². The molecule has 0 saturated heterocycles. The Kier molecular flexibility index (Phi) is 6.71. The van der Waals surface area contributed by atoms with Crippen LogP contribution in [0.25, 0.3) is 0 Å². The summed E-state index contributed by atoms with van der Waals surface area (Å²) < 4.78 is 0. The molecule has 3 N–H and O–H groups in total. The van der Waals surface area contributed by atoms with E-state index in [1.54, 1.807) is 37.3 Å². The molecule has 7 heteroatoms. The second-order valence-corrected chi connectivity index (χ2v) is 6.62. The fourth-order valence-corrected chi connectivity index (χ4v) is 2.53. The quantitative estimate of drug-likeness (QED) is 0.676. The molecular formula is C19H20ClN3O2S. The Balaban J connectivity index is 2.07. The van der Waals surface area contributed by atoms with E-state index in [0.29, 0.717) is 28.4 Å². The van der Waals surface area contributed by atoms with Crippen LogP contribution in [0.5, 0.6) is 0 Å². The Bertz CT molecular complexity index is 868. The number of aryl methyl sites for hydroxylation is 2. The molecule has 0 saturated carbocycles. The lowest BCUT2D eigenvalue weighted by atomic mass is 10.1. The minimum atomic E-state index is -0.308. The number of benzene rings is 2.